The van der Waals surface area contributed by atoms with Crippen molar-refractivity contribution in [3.8, 4) is 0 Å². The summed E-state index contributed by atoms with van der Waals surface area (Å²) in [7, 11) is 0. The maximum Gasteiger partial charge on any atom is 0.231 e. The first-order valence-corrected chi connectivity index (χ1v) is 6.12. The minimum absolute atomic E-state index is 0.173. The molecule has 4 nitrogen and oxygen atoms in total. The van der Waals surface area contributed by atoms with Gasteiger partial charge in [0, 0.05) is 12.1 Å². The van der Waals surface area contributed by atoms with Crippen LogP contribution >= 0.6 is 0 Å². The number of nitrogens with one attached hydrogen (secondary N) is 1. The van der Waals surface area contributed by atoms with Crippen LogP contribution in [-0.2, 0) is 4.79 Å². The second kappa shape index (κ2) is 5.64. The van der Waals surface area contributed by atoms with Crippen molar-refractivity contribution >= 4 is 5.91 Å². The number of likely N-dealkylation sites (tertiary alicyclic amines) is 1. The Morgan fingerprint density at radius 2 is 2.19 bits per heavy atom. The molecule has 1 aliphatic heterocycles. The molecule has 0 saturated carbocycles. The highest BCUT2D eigenvalue weighted by Gasteiger charge is 2.22. The van der Waals surface area contributed by atoms with Gasteiger partial charge in [0.15, 0.2) is 0 Å². The summed E-state index contributed by atoms with van der Waals surface area (Å²) in [5.41, 5.74) is 5.39. The van der Waals surface area contributed by atoms with Crippen LogP contribution in [0.3, 0.4) is 0 Å². The Kier molecular flexibility index (Phi) is 4.74. The van der Waals surface area contributed by atoms with E-state index in [0.29, 0.717) is 12.5 Å². The summed E-state index contributed by atoms with van der Waals surface area (Å²) in [5, 5.41) is 3.52. The van der Waals surface area contributed by atoms with Crippen molar-refractivity contribution in [1.82, 2.24) is 10.2 Å². The lowest BCUT2D eigenvalue weighted by atomic mass is 9.96. The quantitative estimate of drug-likeness (QED) is 0.738. The fraction of sp³-hybridized carbons (Fsp3) is 0.917. The first-order chi connectivity index (χ1) is 7.37. The number of hydrogen-bond acceptors (Lipinski definition) is 3. The lowest BCUT2D eigenvalue weighted by Crippen LogP contribution is -2.46. The van der Waals surface area contributed by atoms with Gasteiger partial charge in [-0.1, -0.05) is 0 Å². The van der Waals surface area contributed by atoms with Crippen molar-refractivity contribution in [2.45, 2.75) is 39.2 Å². The molecule has 1 aliphatic rings. The van der Waals surface area contributed by atoms with E-state index in [1.54, 1.807) is 0 Å². The Bertz CT molecular complexity index is 235. The largest absolute Gasteiger partial charge is 0.369 e. The highest BCUT2D eigenvalue weighted by Crippen LogP contribution is 2.16. The number of hydrogen-bond donors (Lipinski definition) is 2. The Hall–Kier alpha value is -0.610. The Morgan fingerprint density at radius 1 is 1.50 bits per heavy atom. The van der Waals surface area contributed by atoms with Gasteiger partial charge in [-0.25, -0.2) is 0 Å². The van der Waals surface area contributed by atoms with Crippen LogP contribution in [0.25, 0.3) is 0 Å². The summed E-state index contributed by atoms with van der Waals surface area (Å²) in [5.74, 6) is 0.428. The molecule has 0 aromatic carbocycles. The molecule has 0 aromatic heterocycles. The van der Waals surface area contributed by atoms with Gasteiger partial charge in [0.1, 0.15) is 0 Å². The molecule has 1 fully saturated rings. The Labute approximate surface area is 98.6 Å². The summed E-state index contributed by atoms with van der Waals surface area (Å²) in [6.07, 6.45) is 2.42. The molecule has 0 aromatic rings. The van der Waals surface area contributed by atoms with Crippen LogP contribution in [0, 0.1) is 5.92 Å². The molecular formula is C12H25N3O. The molecule has 16 heavy (non-hydrogen) atoms. The van der Waals surface area contributed by atoms with Gasteiger partial charge in [-0.15, -0.1) is 0 Å². The van der Waals surface area contributed by atoms with Crippen molar-refractivity contribution in [2.24, 2.45) is 11.7 Å². The lowest BCUT2D eigenvalue weighted by Gasteiger charge is -2.33. The molecular weight excluding hydrogens is 202 g/mol. The van der Waals surface area contributed by atoms with E-state index in [1.807, 2.05) is 0 Å². The van der Waals surface area contributed by atoms with E-state index >= 15 is 0 Å². The normalized spacial score (nSPS) is 23.3. The Morgan fingerprint density at radius 3 is 2.75 bits per heavy atom. The van der Waals surface area contributed by atoms with E-state index in [0.717, 1.165) is 19.6 Å². The first-order valence-electron chi connectivity index (χ1n) is 6.12. The number of primary amides is 1. The topological polar surface area (TPSA) is 58.4 Å². The smallest absolute Gasteiger partial charge is 0.231 e. The number of carbonyl (C=O) groups is 1. The average molecular weight is 227 g/mol. The minimum atomic E-state index is -0.218. The van der Waals surface area contributed by atoms with Crippen LogP contribution in [-0.4, -0.2) is 42.5 Å². The average Bonchev–Trinajstić information content (AvgIpc) is 2.13. The molecule has 94 valence electrons. The SMILES string of the molecule is CC(C)(C)NCC1CCCN(CC(N)=O)C1. The van der Waals surface area contributed by atoms with Crippen LogP contribution in [0.1, 0.15) is 33.6 Å². The third kappa shape index (κ3) is 5.47. The lowest BCUT2D eigenvalue weighted by molar-refractivity contribution is -0.119. The van der Waals surface area contributed by atoms with Gasteiger partial charge in [-0.2, -0.15) is 0 Å². The molecule has 1 atom stereocenters. The van der Waals surface area contributed by atoms with Crippen LogP contribution in [0.15, 0.2) is 0 Å². The number of piperidine rings is 1. The van der Waals surface area contributed by atoms with Crippen molar-refractivity contribution in [2.75, 3.05) is 26.2 Å². The van der Waals surface area contributed by atoms with E-state index < -0.39 is 0 Å². The fourth-order valence-electron chi connectivity index (χ4n) is 2.13. The van der Waals surface area contributed by atoms with Gasteiger partial charge in [0.2, 0.25) is 5.91 Å². The van der Waals surface area contributed by atoms with E-state index in [1.165, 1.54) is 12.8 Å². The van der Waals surface area contributed by atoms with Crippen LogP contribution in [0.2, 0.25) is 0 Å². The maximum absolute atomic E-state index is 10.9. The third-order valence-electron chi connectivity index (χ3n) is 2.90. The monoisotopic (exact) mass is 227 g/mol. The molecule has 1 rings (SSSR count). The third-order valence-corrected chi connectivity index (χ3v) is 2.90. The molecule has 1 heterocycles. The van der Waals surface area contributed by atoms with Gasteiger partial charge >= 0.3 is 0 Å². The number of nitrogens with zero attached hydrogens (tertiary/aromatic N) is 1. The maximum atomic E-state index is 10.9. The van der Waals surface area contributed by atoms with Crippen molar-refractivity contribution < 1.29 is 4.79 Å². The molecule has 0 bridgehead atoms. The molecule has 0 spiro atoms. The zero-order valence-corrected chi connectivity index (χ0v) is 10.8. The molecule has 0 aliphatic carbocycles. The highest BCUT2D eigenvalue weighted by atomic mass is 16.1. The predicted molar refractivity (Wildman–Crippen MR) is 66.1 cm³/mol. The zero-order chi connectivity index (χ0) is 12.2. The number of amides is 1. The predicted octanol–water partition coefficient (Wildman–Crippen LogP) is 0.572. The molecule has 1 unspecified atom stereocenters. The summed E-state index contributed by atoms with van der Waals surface area (Å²) < 4.78 is 0. The van der Waals surface area contributed by atoms with Crippen LogP contribution in [0.4, 0.5) is 0 Å². The second-order valence-electron chi connectivity index (χ2n) is 5.84. The summed E-state index contributed by atoms with van der Waals surface area (Å²) in [6.45, 7) is 9.97. The van der Waals surface area contributed by atoms with E-state index in [-0.39, 0.29) is 11.4 Å². The summed E-state index contributed by atoms with van der Waals surface area (Å²) >= 11 is 0. The standard InChI is InChI=1S/C12H25N3O/c1-12(2,3)14-7-10-5-4-6-15(8-10)9-11(13)16/h10,14H,4-9H2,1-3H3,(H2,13,16). The van der Waals surface area contributed by atoms with Crippen LogP contribution < -0.4 is 11.1 Å². The van der Waals surface area contributed by atoms with Gasteiger partial charge in [0.05, 0.1) is 6.54 Å². The van der Waals surface area contributed by atoms with E-state index in [9.17, 15) is 4.79 Å². The molecule has 4 heteroatoms. The van der Waals surface area contributed by atoms with Gasteiger partial charge in [-0.05, 0) is 52.6 Å². The van der Waals surface area contributed by atoms with Gasteiger partial charge in [0.25, 0.3) is 0 Å². The first kappa shape index (κ1) is 13.5. The van der Waals surface area contributed by atoms with Gasteiger partial charge in [-0.3, -0.25) is 9.69 Å². The molecule has 0 radical (unpaired) electrons. The van der Waals surface area contributed by atoms with Crippen molar-refractivity contribution in [3.63, 3.8) is 0 Å². The zero-order valence-electron chi connectivity index (χ0n) is 10.8. The summed E-state index contributed by atoms with van der Waals surface area (Å²) in [6, 6.07) is 0. The fourth-order valence-corrected chi connectivity index (χ4v) is 2.13. The highest BCUT2D eigenvalue weighted by molar-refractivity contribution is 5.75. The minimum Gasteiger partial charge on any atom is -0.369 e. The molecule has 3 N–H and O–H groups in total. The van der Waals surface area contributed by atoms with E-state index in [2.05, 4.69) is 31.0 Å². The molecule has 1 amide bonds. The van der Waals surface area contributed by atoms with Crippen molar-refractivity contribution in [1.29, 1.82) is 0 Å². The number of carbonyl (C=O) groups excluding carboxylic acids is 1. The second-order valence-corrected chi connectivity index (χ2v) is 5.84. The Balaban J connectivity index is 2.30. The van der Waals surface area contributed by atoms with Crippen molar-refractivity contribution in [3.05, 3.63) is 0 Å². The summed E-state index contributed by atoms with van der Waals surface area (Å²) in [4.78, 5) is 13.0. The van der Waals surface area contributed by atoms with E-state index in [4.69, 9.17) is 5.73 Å². The van der Waals surface area contributed by atoms with Crippen LogP contribution in [0.5, 0.6) is 0 Å². The molecule has 1 saturated heterocycles. The number of rotatable bonds is 4. The number of nitrogens with two attached hydrogens (primary N) is 1. The van der Waals surface area contributed by atoms with Gasteiger partial charge < -0.3 is 11.1 Å².